The van der Waals surface area contributed by atoms with Gasteiger partial charge in [-0.2, -0.15) is 18.4 Å². The number of alkyl halides is 3. The molecular weight excluding hydrogens is 276 g/mol. The molecule has 0 radical (unpaired) electrons. The lowest BCUT2D eigenvalue weighted by atomic mass is 10.00. The summed E-state index contributed by atoms with van der Waals surface area (Å²) in [5.74, 6) is -2.31. The molecule has 1 aromatic carbocycles. The number of carbonyl (C=O) groups is 1. The minimum Gasteiger partial charge on any atom is -0.334 e. The largest absolute Gasteiger partial charge is 0.419 e. The summed E-state index contributed by atoms with van der Waals surface area (Å²) in [6.07, 6.45) is -4.60. The average molecular weight is 288 g/mol. The van der Waals surface area contributed by atoms with E-state index in [-0.39, 0.29) is 12.0 Å². The molecule has 1 aromatic rings. The molecule has 0 fully saturated rings. The molecule has 1 unspecified atom stereocenters. The summed E-state index contributed by atoms with van der Waals surface area (Å²) < 4.78 is 50.7. The fourth-order valence-electron chi connectivity index (χ4n) is 1.40. The topological polar surface area (TPSA) is 52.9 Å². The van der Waals surface area contributed by atoms with Crippen LogP contribution in [0.3, 0.4) is 0 Å². The zero-order chi connectivity index (χ0) is 15.6. The van der Waals surface area contributed by atoms with Crippen LogP contribution in [0.25, 0.3) is 0 Å². The van der Waals surface area contributed by atoms with E-state index in [1.165, 1.54) is 6.92 Å². The van der Waals surface area contributed by atoms with Gasteiger partial charge in [-0.1, -0.05) is 6.92 Å². The second-order valence-electron chi connectivity index (χ2n) is 4.44. The minimum atomic E-state index is -4.89. The molecule has 0 saturated carbocycles. The van der Waals surface area contributed by atoms with Crippen molar-refractivity contribution >= 4 is 5.91 Å². The highest BCUT2D eigenvalue weighted by atomic mass is 19.4. The Morgan fingerprint density at radius 2 is 2.00 bits per heavy atom. The smallest absolute Gasteiger partial charge is 0.334 e. The molecule has 1 rings (SSSR count). The number of benzene rings is 1. The molecule has 3 nitrogen and oxygen atoms in total. The molecule has 0 heterocycles. The standard InChI is InChI=1S/C13H12F4N2O/c1-3-12(2,7-18)19-11(20)8-4-5-10(14)9(6-8)13(15,16)17/h4-6H,3H2,1-2H3,(H,19,20). The predicted molar refractivity (Wildman–Crippen MR) is 63.2 cm³/mol. The maximum atomic E-state index is 13.1. The number of hydrogen-bond donors (Lipinski definition) is 1. The maximum Gasteiger partial charge on any atom is 0.419 e. The lowest BCUT2D eigenvalue weighted by molar-refractivity contribution is -0.140. The van der Waals surface area contributed by atoms with Gasteiger partial charge < -0.3 is 5.32 Å². The summed E-state index contributed by atoms with van der Waals surface area (Å²) in [4.78, 5) is 11.8. The lowest BCUT2D eigenvalue weighted by Crippen LogP contribution is -2.44. The first kappa shape index (κ1) is 16.0. The van der Waals surface area contributed by atoms with Gasteiger partial charge in [-0.05, 0) is 31.5 Å². The van der Waals surface area contributed by atoms with E-state index in [1.807, 2.05) is 6.07 Å². The number of carbonyl (C=O) groups excluding carboxylic acids is 1. The van der Waals surface area contributed by atoms with Crippen molar-refractivity contribution in [3.8, 4) is 6.07 Å². The summed E-state index contributed by atoms with van der Waals surface area (Å²) in [6, 6.07) is 3.80. The molecule has 0 spiro atoms. The molecular formula is C13H12F4N2O. The van der Waals surface area contributed by atoms with E-state index in [1.54, 1.807) is 6.92 Å². The van der Waals surface area contributed by atoms with E-state index < -0.39 is 29.0 Å². The second-order valence-corrected chi connectivity index (χ2v) is 4.44. The van der Waals surface area contributed by atoms with Crippen LogP contribution < -0.4 is 5.32 Å². The van der Waals surface area contributed by atoms with Crippen LogP contribution in [0, 0.1) is 17.1 Å². The van der Waals surface area contributed by atoms with Gasteiger partial charge in [0.05, 0.1) is 11.6 Å². The number of nitrogens with one attached hydrogen (secondary N) is 1. The third-order valence-corrected chi connectivity index (χ3v) is 2.88. The van der Waals surface area contributed by atoms with Crippen molar-refractivity contribution in [2.24, 2.45) is 0 Å². The van der Waals surface area contributed by atoms with Crippen molar-refractivity contribution in [1.29, 1.82) is 5.26 Å². The van der Waals surface area contributed by atoms with Crippen LogP contribution in [0.4, 0.5) is 17.6 Å². The molecule has 108 valence electrons. The van der Waals surface area contributed by atoms with Crippen LogP contribution in [-0.2, 0) is 6.18 Å². The van der Waals surface area contributed by atoms with Gasteiger partial charge in [0.1, 0.15) is 11.4 Å². The summed E-state index contributed by atoms with van der Waals surface area (Å²) in [7, 11) is 0. The number of nitrogens with zero attached hydrogens (tertiary/aromatic N) is 1. The van der Waals surface area contributed by atoms with E-state index in [0.29, 0.717) is 12.1 Å². The lowest BCUT2D eigenvalue weighted by Gasteiger charge is -2.21. The molecule has 0 aliphatic heterocycles. The molecule has 7 heteroatoms. The van der Waals surface area contributed by atoms with E-state index in [0.717, 1.165) is 6.07 Å². The van der Waals surface area contributed by atoms with Gasteiger partial charge in [-0.3, -0.25) is 4.79 Å². The van der Waals surface area contributed by atoms with E-state index in [9.17, 15) is 22.4 Å². The Hall–Kier alpha value is -2.10. The van der Waals surface area contributed by atoms with Crippen LogP contribution in [0.5, 0.6) is 0 Å². The summed E-state index contributed by atoms with van der Waals surface area (Å²) in [5, 5.41) is 11.2. The van der Waals surface area contributed by atoms with E-state index in [4.69, 9.17) is 5.26 Å². The zero-order valence-electron chi connectivity index (χ0n) is 10.8. The quantitative estimate of drug-likeness (QED) is 0.868. The van der Waals surface area contributed by atoms with Gasteiger partial charge in [0.15, 0.2) is 0 Å². The van der Waals surface area contributed by atoms with Crippen molar-refractivity contribution < 1.29 is 22.4 Å². The van der Waals surface area contributed by atoms with Crippen LogP contribution in [0.2, 0.25) is 0 Å². The SMILES string of the molecule is CCC(C)(C#N)NC(=O)c1ccc(F)c(C(F)(F)F)c1. The minimum absolute atomic E-state index is 0.280. The Balaban J connectivity index is 3.11. The second kappa shape index (κ2) is 5.49. The number of amides is 1. The first-order chi connectivity index (χ1) is 9.13. The fraction of sp³-hybridized carbons (Fsp3) is 0.385. The van der Waals surface area contributed by atoms with E-state index >= 15 is 0 Å². The highest BCUT2D eigenvalue weighted by Gasteiger charge is 2.35. The first-order valence-corrected chi connectivity index (χ1v) is 5.73. The van der Waals surface area contributed by atoms with Crippen molar-refractivity contribution in [1.82, 2.24) is 5.32 Å². The van der Waals surface area contributed by atoms with Crippen LogP contribution in [-0.4, -0.2) is 11.4 Å². The predicted octanol–water partition coefficient (Wildman–Crippen LogP) is 3.27. The Kier molecular flexibility index (Phi) is 4.38. The fourth-order valence-corrected chi connectivity index (χ4v) is 1.40. The maximum absolute atomic E-state index is 13.1. The molecule has 20 heavy (non-hydrogen) atoms. The highest BCUT2D eigenvalue weighted by Crippen LogP contribution is 2.31. The summed E-state index contributed by atoms with van der Waals surface area (Å²) in [6.45, 7) is 3.09. The number of nitriles is 1. The van der Waals surface area contributed by atoms with E-state index in [2.05, 4.69) is 5.32 Å². The van der Waals surface area contributed by atoms with Crippen molar-refractivity contribution in [3.63, 3.8) is 0 Å². The van der Waals surface area contributed by atoms with Crippen LogP contribution >= 0.6 is 0 Å². The molecule has 0 saturated heterocycles. The normalized spacial score (nSPS) is 14.2. The van der Waals surface area contributed by atoms with Crippen molar-refractivity contribution in [2.75, 3.05) is 0 Å². The summed E-state index contributed by atoms with van der Waals surface area (Å²) in [5.41, 5.74) is -3.06. The molecule has 0 aliphatic rings. The number of hydrogen-bond acceptors (Lipinski definition) is 2. The van der Waals surface area contributed by atoms with Gasteiger partial charge in [-0.15, -0.1) is 0 Å². The molecule has 0 bridgehead atoms. The van der Waals surface area contributed by atoms with Gasteiger partial charge >= 0.3 is 6.18 Å². The zero-order valence-corrected chi connectivity index (χ0v) is 10.8. The monoisotopic (exact) mass is 288 g/mol. The van der Waals surface area contributed by atoms with Crippen LogP contribution in [0.1, 0.15) is 36.2 Å². The molecule has 1 N–H and O–H groups in total. The van der Waals surface area contributed by atoms with Crippen molar-refractivity contribution in [3.05, 3.63) is 35.1 Å². The Bertz CT molecular complexity index is 562. The molecule has 1 atom stereocenters. The highest BCUT2D eigenvalue weighted by molar-refractivity contribution is 5.95. The van der Waals surface area contributed by atoms with Gasteiger partial charge in [0.25, 0.3) is 5.91 Å². The third kappa shape index (κ3) is 3.47. The van der Waals surface area contributed by atoms with Crippen LogP contribution in [0.15, 0.2) is 18.2 Å². The first-order valence-electron chi connectivity index (χ1n) is 5.73. The molecule has 0 aromatic heterocycles. The third-order valence-electron chi connectivity index (χ3n) is 2.88. The van der Waals surface area contributed by atoms with Crippen molar-refractivity contribution in [2.45, 2.75) is 32.0 Å². The molecule has 1 amide bonds. The Morgan fingerprint density at radius 3 is 2.45 bits per heavy atom. The number of halogens is 4. The number of rotatable bonds is 3. The van der Waals surface area contributed by atoms with Gasteiger partial charge in [0.2, 0.25) is 0 Å². The summed E-state index contributed by atoms with van der Waals surface area (Å²) >= 11 is 0. The average Bonchev–Trinajstić information content (AvgIpc) is 2.37. The Morgan fingerprint density at radius 1 is 1.40 bits per heavy atom. The van der Waals surface area contributed by atoms with Gasteiger partial charge in [0, 0.05) is 5.56 Å². The molecule has 0 aliphatic carbocycles. The Labute approximate surface area is 113 Å². The van der Waals surface area contributed by atoms with Gasteiger partial charge in [-0.25, -0.2) is 4.39 Å².